The fourth-order valence-corrected chi connectivity index (χ4v) is 3.10. The van der Waals surface area contributed by atoms with Gasteiger partial charge in [-0.2, -0.15) is 0 Å². The lowest BCUT2D eigenvalue weighted by Crippen LogP contribution is -2.11. The van der Waals surface area contributed by atoms with Crippen molar-refractivity contribution in [3.63, 3.8) is 0 Å². The van der Waals surface area contributed by atoms with Gasteiger partial charge in [0.15, 0.2) is 0 Å². The summed E-state index contributed by atoms with van der Waals surface area (Å²) in [6, 6.07) is 9.53. The Bertz CT molecular complexity index is 640. The van der Waals surface area contributed by atoms with Crippen LogP contribution in [0, 0.1) is 0 Å². The SMILES string of the molecule is CN(C)c1ccc(Cl)cc1NCc1ccc(CC(=O)O)s1. The number of benzene rings is 1. The Morgan fingerprint density at radius 3 is 2.67 bits per heavy atom. The number of nitrogens with one attached hydrogen (secondary N) is 1. The standard InChI is InChI=1S/C15H17ClN2O2S/c1-18(2)14-6-3-10(16)7-13(14)17-9-12-5-4-11(21-12)8-15(19)20/h3-7,17H,8-9H2,1-2H3,(H,19,20). The summed E-state index contributed by atoms with van der Waals surface area (Å²) in [7, 11) is 3.95. The lowest BCUT2D eigenvalue weighted by Gasteiger charge is -2.18. The van der Waals surface area contributed by atoms with Crippen molar-refractivity contribution in [3.05, 3.63) is 45.1 Å². The zero-order valence-corrected chi connectivity index (χ0v) is 13.5. The molecule has 0 radical (unpaired) electrons. The highest BCUT2D eigenvalue weighted by Gasteiger charge is 2.07. The van der Waals surface area contributed by atoms with Crippen LogP contribution in [0.15, 0.2) is 30.3 Å². The van der Waals surface area contributed by atoms with Gasteiger partial charge in [-0.25, -0.2) is 0 Å². The van der Waals surface area contributed by atoms with Gasteiger partial charge >= 0.3 is 5.97 Å². The molecule has 0 aliphatic carbocycles. The molecule has 21 heavy (non-hydrogen) atoms. The van der Waals surface area contributed by atoms with Gasteiger partial charge in [0.05, 0.1) is 17.8 Å². The molecule has 2 rings (SSSR count). The van der Waals surface area contributed by atoms with Crippen LogP contribution in [0.4, 0.5) is 11.4 Å². The molecule has 2 aromatic rings. The fraction of sp³-hybridized carbons (Fsp3) is 0.267. The number of hydrogen-bond donors (Lipinski definition) is 2. The molecule has 0 saturated heterocycles. The van der Waals surface area contributed by atoms with Crippen LogP contribution in [-0.2, 0) is 17.8 Å². The third kappa shape index (κ3) is 4.37. The molecule has 1 heterocycles. The molecular weight excluding hydrogens is 308 g/mol. The van der Waals surface area contributed by atoms with Gasteiger partial charge in [-0.1, -0.05) is 11.6 Å². The summed E-state index contributed by atoms with van der Waals surface area (Å²) in [5, 5.41) is 12.8. The Morgan fingerprint density at radius 2 is 2.00 bits per heavy atom. The van der Waals surface area contributed by atoms with Gasteiger partial charge in [-0.05, 0) is 30.3 Å². The second-order valence-corrected chi connectivity index (χ2v) is 6.54. The number of halogens is 1. The number of rotatable bonds is 6. The van der Waals surface area contributed by atoms with Crippen molar-refractivity contribution in [2.24, 2.45) is 0 Å². The average Bonchev–Trinajstić information content (AvgIpc) is 2.82. The van der Waals surface area contributed by atoms with Crippen LogP contribution in [0.3, 0.4) is 0 Å². The minimum absolute atomic E-state index is 0.0742. The minimum atomic E-state index is -0.805. The Labute approximate surface area is 133 Å². The van der Waals surface area contributed by atoms with Gasteiger partial charge < -0.3 is 15.3 Å². The molecule has 0 aliphatic rings. The molecule has 0 aliphatic heterocycles. The van der Waals surface area contributed by atoms with Crippen molar-refractivity contribution in [1.29, 1.82) is 0 Å². The molecule has 1 aromatic heterocycles. The van der Waals surface area contributed by atoms with E-state index in [-0.39, 0.29) is 6.42 Å². The molecule has 112 valence electrons. The number of carbonyl (C=O) groups is 1. The molecule has 6 heteroatoms. The Morgan fingerprint density at radius 1 is 1.29 bits per heavy atom. The van der Waals surface area contributed by atoms with Crippen LogP contribution in [0.25, 0.3) is 0 Å². The highest BCUT2D eigenvalue weighted by molar-refractivity contribution is 7.12. The number of anilines is 2. The first-order valence-corrected chi connectivity index (χ1v) is 7.65. The van der Waals surface area contributed by atoms with Crippen LogP contribution >= 0.6 is 22.9 Å². The molecule has 0 bridgehead atoms. The summed E-state index contributed by atoms with van der Waals surface area (Å²) in [4.78, 5) is 14.7. The van der Waals surface area contributed by atoms with E-state index in [0.29, 0.717) is 11.6 Å². The van der Waals surface area contributed by atoms with E-state index < -0.39 is 5.97 Å². The van der Waals surface area contributed by atoms with E-state index in [2.05, 4.69) is 5.32 Å². The molecule has 0 fully saturated rings. The number of nitrogens with zero attached hydrogens (tertiary/aromatic N) is 1. The number of hydrogen-bond acceptors (Lipinski definition) is 4. The van der Waals surface area contributed by atoms with Gasteiger partial charge in [0, 0.05) is 35.4 Å². The number of thiophene rings is 1. The van der Waals surface area contributed by atoms with Crippen molar-refractivity contribution in [1.82, 2.24) is 0 Å². The fourth-order valence-electron chi connectivity index (χ4n) is 1.98. The first-order valence-electron chi connectivity index (χ1n) is 6.46. The van der Waals surface area contributed by atoms with Crippen molar-refractivity contribution < 1.29 is 9.90 Å². The van der Waals surface area contributed by atoms with Crippen molar-refractivity contribution in [2.45, 2.75) is 13.0 Å². The smallest absolute Gasteiger partial charge is 0.308 e. The first kappa shape index (κ1) is 15.7. The summed E-state index contributed by atoms with van der Waals surface area (Å²) >= 11 is 7.55. The maximum Gasteiger partial charge on any atom is 0.308 e. The van der Waals surface area contributed by atoms with Crippen molar-refractivity contribution >= 4 is 40.3 Å². The van der Waals surface area contributed by atoms with E-state index >= 15 is 0 Å². The summed E-state index contributed by atoms with van der Waals surface area (Å²) in [5.74, 6) is -0.805. The average molecular weight is 325 g/mol. The maximum absolute atomic E-state index is 10.7. The van der Waals surface area contributed by atoms with Gasteiger partial charge in [-0.15, -0.1) is 11.3 Å². The Hall–Kier alpha value is -1.72. The third-order valence-corrected chi connectivity index (χ3v) is 4.26. The van der Waals surface area contributed by atoms with E-state index in [0.717, 1.165) is 21.1 Å². The molecule has 0 amide bonds. The molecule has 1 aromatic carbocycles. The molecule has 4 nitrogen and oxygen atoms in total. The number of carboxylic acids is 1. The lowest BCUT2D eigenvalue weighted by molar-refractivity contribution is -0.136. The zero-order chi connectivity index (χ0) is 15.4. The van der Waals surface area contributed by atoms with Crippen LogP contribution < -0.4 is 10.2 Å². The van der Waals surface area contributed by atoms with Gasteiger partial charge in [-0.3, -0.25) is 4.79 Å². The Kier molecular flexibility index (Phi) is 5.09. The Balaban J connectivity index is 2.07. The molecular formula is C15H17ClN2O2S. The van der Waals surface area contributed by atoms with Crippen molar-refractivity contribution in [2.75, 3.05) is 24.3 Å². The second kappa shape index (κ2) is 6.83. The first-order chi connectivity index (χ1) is 9.95. The predicted octanol–water partition coefficient (Wildman–Crippen LogP) is 3.71. The van der Waals surface area contributed by atoms with Gasteiger partial charge in [0.25, 0.3) is 0 Å². The molecule has 0 unspecified atom stereocenters. The number of aliphatic carboxylic acids is 1. The molecule has 0 spiro atoms. The summed E-state index contributed by atoms with van der Waals surface area (Å²) < 4.78 is 0. The summed E-state index contributed by atoms with van der Waals surface area (Å²) in [6.45, 7) is 0.644. The number of carboxylic acid groups (broad SMARTS) is 1. The minimum Gasteiger partial charge on any atom is -0.481 e. The third-order valence-electron chi connectivity index (χ3n) is 2.94. The molecule has 0 atom stereocenters. The van der Waals surface area contributed by atoms with E-state index in [1.165, 1.54) is 11.3 Å². The van der Waals surface area contributed by atoms with Crippen LogP contribution in [0.5, 0.6) is 0 Å². The van der Waals surface area contributed by atoms with E-state index in [9.17, 15) is 4.79 Å². The largest absolute Gasteiger partial charge is 0.481 e. The highest BCUT2D eigenvalue weighted by atomic mass is 35.5. The van der Waals surface area contributed by atoms with Crippen LogP contribution in [-0.4, -0.2) is 25.2 Å². The van der Waals surface area contributed by atoms with E-state index in [4.69, 9.17) is 16.7 Å². The van der Waals surface area contributed by atoms with Crippen LogP contribution in [0.1, 0.15) is 9.75 Å². The van der Waals surface area contributed by atoms with Gasteiger partial charge in [0.1, 0.15) is 0 Å². The molecule has 0 saturated carbocycles. The lowest BCUT2D eigenvalue weighted by atomic mass is 10.2. The predicted molar refractivity (Wildman–Crippen MR) is 88.8 cm³/mol. The summed E-state index contributed by atoms with van der Waals surface area (Å²) in [6.07, 6.45) is 0.0742. The summed E-state index contributed by atoms with van der Waals surface area (Å²) in [5.41, 5.74) is 2.02. The second-order valence-electron chi connectivity index (χ2n) is 4.85. The van der Waals surface area contributed by atoms with E-state index in [1.54, 1.807) is 0 Å². The topological polar surface area (TPSA) is 52.6 Å². The maximum atomic E-state index is 10.7. The van der Waals surface area contributed by atoms with Crippen molar-refractivity contribution in [3.8, 4) is 0 Å². The van der Waals surface area contributed by atoms with Crippen LogP contribution in [0.2, 0.25) is 5.02 Å². The van der Waals surface area contributed by atoms with Gasteiger partial charge in [0.2, 0.25) is 0 Å². The monoisotopic (exact) mass is 324 g/mol. The highest BCUT2D eigenvalue weighted by Crippen LogP contribution is 2.29. The zero-order valence-electron chi connectivity index (χ0n) is 11.9. The normalized spacial score (nSPS) is 10.4. The van der Waals surface area contributed by atoms with E-state index in [1.807, 2.05) is 49.3 Å². The quantitative estimate of drug-likeness (QED) is 0.850. The molecule has 2 N–H and O–H groups in total.